The molecule has 1 aliphatic heterocycles. The minimum atomic E-state index is 0.0457. The summed E-state index contributed by atoms with van der Waals surface area (Å²) in [6.45, 7) is 4.29. The summed E-state index contributed by atoms with van der Waals surface area (Å²) in [5, 5.41) is 9.34. The third-order valence-corrected chi connectivity index (χ3v) is 3.93. The summed E-state index contributed by atoms with van der Waals surface area (Å²) in [5.74, 6) is 1.30. The van der Waals surface area contributed by atoms with Gasteiger partial charge in [-0.15, -0.1) is 11.8 Å². The van der Waals surface area contributed by atoms with Crippen LogP contribution >= 0.6 is 11.8 Å². The number of benzene rings is 1. The Morgan fingerprint density at radius 2 is 2.31 bits per heavy atom. The van der Waals surface area contributed by atoms with Gasteiger partial charge in [0.1, 0.15) is 5.75 Å². The van der Waals surface area contributed by atoms with E-state index in [1.54, 1.807) is 23.9 Å². The van der Waals surface area contributed by atoms with Crippen LogP contribution in [0.15, 0.2) is 29.2 Å². The second-order valence-electron chi connectivity index (χ2n) is 4.85. The summed E-state index contributed by atoms with van der Waals surface area (Å²) in [6.07, 6.45) is 2.62. The number of rotatable bonds is 3. The lowest BCUT2D eigenvalue weighted by Gasteiger charge is -2.18. The fourth-order valence-corrected chi connectivity index (χ4v) is 2.95. The SMILES string of the molecule is CC1(C)CCC(CSc2cccc(O)c2)O1. The van der Waals surface area contributed by atoms with Gasteiger partial charge in [-0.2, -0.15) is 0 Å². The second kappa shape index (κ2) is 4.68. The van der Waals surface area contributed by atoms with Crippen molar-refractivity contribution in [1.29, 1.82) is 0 Å². The van der Waals surface area contributed by atoms with Crippen LogP contribution in [0.4, 0.5) is 0 Å². The predicted molar refractivity (Wildman–Crippen MR) is 67.0 cm³/mol. The lowest BCUT2D eigenvalue weighted by Crippen LogP contribution is -2.20. The van der Waals surface area contributed by atoms with E-state index in [-0.39, 0.29) is 5.60 Å². The Kier molecular flexibility index (Phi) is 3.45. The minimum absolute atomic E-state index is 0.0457. The fourth-order valence-electron chi connectivity index (χ4n) is 1.96. The Hall–Kier alpha value is -0.670. The van der Waals surface area contributed by atoms with E-state index in [1.165, 1.54) is 0 Å². The number of phenols is 1. The summed E-state index contributed by atoms with van der Waals surface area (Å²) in [7, 11) is 0. The first-order valence-electron chi connectivity index (χ1n) is 5.65. The number of hydrogen-bond acceptors (Lipinski definition) is 3. The summed E-state index contributed by atoms with van der Waals surface area (Å²) in [4.78, 5) is 1.10. The maximum Gasteiger partial charge on any atom is 0.116 e. The van der Waals surface area contributed by atoms with Crippen molar-refractivity contribution in [2.75, 3.05) is 5.75 Å². The molecule has 0 spiro atoms. The van der Waals surface area contributed by atoms with Crippen molar-refractivity contribution in [2.45, 2.75) is 43.3 Å². The largest absolute Gasteiger partial charge is 0.508 e. The lowest BCUT2D eigenvalue weighted by atomic mass is 10.1. The Morgan fingerprint density at radius 3 is 2.94 bits per heavy atom. The summed E-state index contributed by atoms with van der Waals surface area (Å²) >= 11 is 1.75. The van der Waals surface area contributed by atoms with Gasteiger partial charge in [0.05, 0.1) is 11.7 Å². The second-order valence-corrected chi connectivity index (χ2v) is 5.94. The predicted octanol–water partition coefficient (Wildman–Crippen LogP) is 3.44. The topological polar surface area (TPSA) is 29.5 Å². The molecule has 0 aromatic heterocycles. The first-order valence-corrected chi connectivity index (χ1v) is 6.63. The zero-order chi connectivity index (χ0) is 11.6. The first-order chi connectivity index (χ1) is 7.55. The highest BCUT2D eigenvalue weighted by atomic mass is 32.2. The van der Waals surface area contributed by atoms with Crippen LogP contribution in [-0.2, 0) is 4.74 Å². The molecule has 1 saturated heterocycles. The number of aromatic hydroxyl groups is 1. The van der Waals surface area contributed by atoms with Gasteiger partial charge in [-0.1, -0.05) is 6.07 Å². The highest BCUT2D eigenvalue weighted by molar-refractivity contribution is 7.99. The molecule has 0 aliphatic carbocycles. The van der Waals surface area contributed by atoms with E-state index >= 15 is 0 Å². The molecule has 0 amide bonds. The maximum atomic E-state index is 9.34. The number of phenolic OH excluding ortho intramolecular Hbond substituents is 1. The van der Waals surface area contributed by atoms with Crippen LogP contribution in [0.2, 0.25) is 0 Å². The molecule has 3 heteroatoms. The average Bonchev–Trinajstić information content (AvgIpc) is 2.56. The summed E-state index contributed by atoms with van der Waals surface area (Å²) in [6, 6.07) is 7.38. The molecule has 2 nitrogen and oxygen atoms in total. The normalized spacial score (nSPS) is 23.5. The zero-order valence-corrected chi connectivity index (χ0v) is 10.6. The standard InChI is InChI=1S/C13H18O2S/c1-13(2)7-6-11(15-13)9-16-12-5-3-4-10(14)8-12/h3-5,8,11,14H,6-7,9H2,1-2H3. The molecular formula is C13H18O2S. The highest BCUT2D eigenvalue weighted by Crippen LogP contribution is 2.33. The van der Waals surface area contributed by atoms with Gasteiger partial charge >= 0.3 is 0 Å². The Morgan fingerprint density at radius 1 is 1.50 bits per heavy atom. The molecule has 0 bridgehead atoms. The van der Waals surface area contributed by atoms with Crippen molar-refractivity contribution in [3.05, 3.63) is 24.3 Å². The molecule has 1 aromatic carbocycles. The van der Waals surface area contributed by atoms with Crippen LogP contribution in [0.3, 0.4) is 0 Å². The van der Waals surface area contributed by atoms with Crippen LogP contribution in [0.5, 0.6) is 5.75 Å². The van der Waals surface area contributed by atoms with Crippen molar-refractivity contribution < 1.29 is 9.84 Å². The molecule has 2 rings (SSSR count). The molecule has 88 valence electrons. The average molecular weight is 238 g/mol. The Bertz CT molecular complexity index is 363. The van der Waals surface area contributed by atoms with E-state index in [1.807, 2.05) is 12.1 Å². The molecule has 1 aromatic rings. The number of hydrogen-bond donors (Lipinski definition) is 1. The molecule has 1 atom stereocenters. The van der Waals surface area contributed by atoms with Crippen molar-refractivity contribution in [3.8, 4) is 5.75 Å². The molecule has 1 aliphatic rings. The van der Waals surface area contributed by atoms with E-state index in [2.05, 4.69) is 13.8 Å². The van der Waals surface area contributed by atoms with Crippen LogP contribution in [0.1, 0.15) is 26.7 Å². The van der Waals surface area contributed by atoms with Gasteiger partial charge in [0.25, 0.3) is 0 Å². The lowest BCUT2D eigenvalue weighted by molar-refractivity contribution is -0.00466. The molecule has 1 heterocycles. The van der Waals surface area contributed by atoms with E-state index < -0.39 is 0 Å². The zero-order valence-electron chi connectivity index (χ0n) is 9.77. The van der Waals surface area contributed by atoms with Gasteiger partial charge in [-0.05, 0) is 44.9 Å². The molecular weight excluding hydrogens is 220 g/mol. The van der Waals surface area contributed by atoms with Gasteiger partial charge in [-0.3, -0.25) is 0 Å². The number of thioether (sulfide) groups is 1. The quantitative estimate of drug-likeness (QED) is 0.818. The Balaban J connectivity index is 1.84. The van der Waals surface area contributed by atoms with Gasteiger partial charge in [-0.25, -0.2) is 0 Å². The van der Waals surface area contributed by atoms with Crippen molar-refractivity contribution in [1.82, 2.24) is 0 Å². The third-order valence-electron chi connectivity index (χ3n) is 2.81. The summed E-state index contributed by atoms with van der Waals surface area (Å²) in [5.41, 5.74) is 0.0457. The first kappa shape index (κ1) is 11.8. The monoisotopic (exact) mass is 238 g/mol. The van der Waals surface area contributed by atoms with Gasteiger partial charge < -0.3 is 9.84 Å². The molecule has 1 fully saturated rings. The number of ether oxygens (including phenoxy) is 1. The van der Waals surface area contributed by atoms with Crippen molar-refractivity contribution >= 4 is 11.8 Å². The van der Waals surface area contributed by atoms with Gasteiger partial charge in [0, 0.05) is 10.6 Å². The van der Waals surface area contributed by atoms with E-state index in [4.69, 9.17) is 4.74 Å². The van der Waals surface area contributed by atoms with Crippen molar-refractivity contribution in [2.24, 2.45) is 0 Å². The van der Waals surface area contributed by atoms with Crippen LogP contribution in [-0.4, -0.2) is 22.6 Å². The van der Waals surface area contributed by atoms with E-state index in [0.29, 0.717) is 11.9 Å². The van der Waals surface area contributed by atoms with Gasteiger partial charge in [0.15, 0.2) is 0 Å². The summed E-state index contributed by atoms with van der Waals surface area (Å²) < 4.78 is 5.92. The highest BCUT2D eigenvalue weighted by Gasteiger charge is 2.31. The minimum Gasteiger partial charge on any atom is -0.508 e. The molecule has 0 saturated carbocycles. The van der Waals surface area contributed by atoms with E-state index in [0.717, 1.165) is 23.5 Å². The van der Waals surface area contributed by atoms with Gasteiger partial charge in [0.2, 0.25) is 0 Å². The van der Waals surface area contributed by atoms with Crippen LogP contribution in [0.25, 0.3) is 0 Å². The molecule has 1 unspecified atom stereocenters. The maximum absolute atomic E-state index is 9.34. The molecule has 16 heavy (non-hydrogen) atoms. The van der Waals surface area contributed by atoms with Crippen molar-refractivity contribution in [3.63, 3.8) is 0 Å². The Labute approximate surface area is 101 Å². The van der Waals surface area contributed by atoms with E-state index in [9.17, 15) is 5.11 Å². The smallest absolute Gasteiger partial charge is 0.116 e. The molecule has 0 radical (unpaired) electrons. The third kappa shape index (κ3) is 3.16. The molecule has 1 N–H and O–H groups in total. The van der Waals surface area contributed by atoms with Crippen LogP contribution in [0, 0.1) is 0 Å². The fraction of sp³-hybridized carbons (Fsp3) is 0.538. The van der Waals surface area contributed by atoms with Crippen LogP contribution < -0.4 is 0 Å².